The molecule has 1 aliphatic heterocycles. The molecule has 5 nitrogen and oxygen atoms in total. The van der Waals surface area contributed by atoms with Crippen LogP contribution in [0.2, 0.25) is 0 Å². The van der Waals surface area contributed by atoms with E-state index in [4.69, 9.17) is 10.2 Å². The van der Waals surface area contributed by atoms with Crippen LogP contribution in [0.5, 0.6) is 0 Å². The molecule has 2 N–H and O–H groups in total. The lowest BCUT2D eigenvalue weighted by Gasteiger charge is -2.28. The van der Waals surface area contributed by atoms with E-state index in [0.717, 1.165) is 38.5 Å². The minimum atomic E-state index is 0.0768. The Kier molecular flexibility index (Phi) is 5.73. The molecule has 5 heteroatoms. The van der Waals surface area contributed by atoms with E-state index in [-0.39, 0.29) is 5.91 Å². The van der Waals surface area contributed by atoms with Gasteiger partial charge in [0.15, 0.2) is 0 Å². The summed E-state index contributed by atoms with van der Waals surface area (Å²) in [4.78, 5) is 17.1. The number of carbonyl (C=O) groups excluding carboxylic acids is 1. The van der Waals surface area contributed by atoms with Gasteiger partial charge in [-0.1, -0.05) is 19.3 Å². The minimum Gasteiger partial charge on any atom is -0.467 e. The summed E-state index contributed by atoms with van der Waals surface area (Å²) in [6.45, 7) is 5.30. The Morgan fingerprint density at radius 2 is 1.96 bits per heavy atom. The standard InChI is InChI=1S/C18H29N3O2/c19-12-17-11-16(14-23-17)18(22)21-8-4-7-20(9-10-21)13-15-5-2-1-3-6-15/h11,14-15H,1-10,12-13,19H2. The predicted octanol–water partition coefficient (Wildman–Crippen LogP) is 2.47. The van der Waals surface area contributed by atoms with Gasteiger partial charge in [-0.15, -0.1) is 0 Å². The molecule has 1 aromatic heterocycles. The third-order valence-electron chi connectivity index (χ3n) is 5.22. The van der Waals surface area contributed by atoms with Gasteiger partial charge in [-0.25, -0.2) is 0 Å². The predicted molar refractivity (Wildman–Crippen MR) is 90.1 cm³/mol. The van der Waals surface area contributed by atoms with Gasteiger partial charge in [-0.2, -0.15) is 0 Å². The van der Waals surface area contributed by atoms with E-state index in [2.05, 4.69) is 4.90 Å². The molecule has 23 heavy (non-hydrogen) atoms. The molecule has 0 radical (unpaired) electrons. The number of amides is 1. The maximum atomic E-state index is 12.6. The molecule has 1 amide bonds. The second-order valence-corrected chi connectivity index (χ2v) is 6.96. The maximum Gasteiger partial charge on any atom is 0.257 e. The van der Waals surface area contributed by atoms with Crippen LogP contribution in [0.4, 0.5) is 0 Å². The molecule has 1 saturated carbocycles. The average molecular weight is 319 g/mol. The van der Waals surface area contributed by atoms with Crippen LogP contribution in [0.25, 0.3) is 0 Å². The highest BCUT2D eigenvalue weighted by atomic mass is 16.3. The summed E-state index contributed by atoms with van der Waals surface area (Å²) in [5.74, 6) is 1.61. The zero-order valence-corrected chi connectivity index (χ0v) is 14.0. The summed E-state index contributed by atoms with van der Waals surface area (Å²) in [5, 5.41) is 0. The molecule has 128 valence electrons. The third-order valence-corrected chi connectivity index (χ3v) is 5.22. The average Bonchev–Trinajstić information content (AvgIpc) is 2.95. The normalized spacial score (nSPS) is 21.3. The largest absolute Gasteiger partial charge is 0.467 e. The van der Waals surface area contributed by atoms with Crippen molar-refractivity contribution in [3.63, 3.8) is 0 Å². The van der Waals surface area contributed by atoms with Gasteiger partial charge < -0.3 is 20.0 Å². The van der Waals surface area contributed by atoms with Crippen LogP contribution in [-0.2, 0) is 6.54 Å². The van der Waals surface area contributed by atoms with Crippen molar-refractivity contribution in [3.05, 3.63) is 23.7 Å². The molecule has 1 aliphatic carbocycles. The van der Waals surface area contributed by atoms with Crippen LogP contribution in [0.1, 0.15) is 54.6 Å². The van der Waals surface area contributed by atoms with Gasteiger partial charge in [0.05, 0.1) is 12.1 Å². The van der Waals surface area contributed by atoms with Crippen molar-refractivity contribution >= 4 is 5.91 Å². The van der Waals surface area contributed by atoms with Gasteiger partial charge in [0.25, 0.3) is 5.91 Å². The van der Waals surface area contributed by atoms with Crippen molar-refractivity contribution < 1.29 is 9.21 Å². The molecular formula is C18H29N3O2. The van der Waals surface area contributed by atoms with Gasteiger partial charge in [-0.05, 0) is 37.8 Å². The van der Waals surface area contributed by atoms with E-state index in [1.165, 1.54) is 44.9 Å². The molecule has 0 bridgehead atoms. The Morgan fingerprint density at radius 3 is 2.70 bits per heavy atom. The van der Waals surface area contributed by atoms with Gasteiger partial charge in [0.2, 0.25) is 0 Å². The smallest absolute Gasteiger partial charge is 0.257 e. The number of rotatable bonds is 4. The number of nitrogens with two attached hydrogens (primary N) is 1. The number of furan rings is 1. The van der Waals surface area contributed by atoms with Crippen molar-refractivity contribution in [2.24, 2.45) is 11.7 Å². The Bertz CT molecular complexity index is 508. The Labute approximate surface area is 138 Å². The molecule has 0 unspecified atom stereocenters. The highest BCUT2D eigenvalue weighted by Gasteiger charge is 2.23. The van der Waals surface area contributed by atoms with Crippen molar-refractivity contribution in [2.45, 2.75) is 45.1 Å². The topological polar surface area (TPSA) is 62.7 Å². The fourth-order valence-corrected chi connectivity index (χ4v) is 3.87. The molecule has 0 aromatic carbocycles. The van der Waals surface area contributed by atoms with Crippen LogP contribution in [0.3, 0.4) is 0 Å². The zero-order chi connectivity index (χ0) is 16.1. The lowest BCUT2D eigenvalue weighted by molar-refractivity contribution is 0.0759. The summed E-state index contributed by atoms with van der Waals surface area (Å²) in [5.41, 5.74) is 6.18. The van der Waals surface area contributed by atoms with E-state index in [9.17, 15) is 4.79 Å². The SMILES string of the molecule is NCc1cc(C(=O)N2CCCN(CC3CCCCC3)CC2)co1. The number of hydrogen-bond donors (Lipinski definition) is 1. The molecule has 2 fully saturated rings. The van der Waals surface area contributed by atoms with Crippen LogP contribution < -0.4 is 5.73 Å². The van der Waals surface area contributed by atoms with Crippen LogP contribution >= 0.6 is 0 Å². The number of hydrogen-bond acceptors (Lipinski definition) is 4. The summed E-state index contributed by atoms with van der Waals surface area (Å²) in [6, 6.07) is 1.77. The highest BCUT2D eigenvalue weighted by molar-refractivity contribution is 5.94. The minimum absolute atomic E-state index is 0.0768. The first-order valence-corrected chi connectivity index (χ1v) is 9.05. The lowest BCUT2D eigenvalue weighted by Crippen LogP contribution is -2.36. The first-order chi connectivity index (χ1) is 11.3. The van der Waals surface area contributed by atoms with Gasteiger partial charge in [0, 0.05) is 26.2 Å². The van der Waals surface area contributed by atoms with E-state index in [0.29, 0.717) is 17.9 Å². The fraction of sp³-hybridized carbons (Fsp3) is 0.722. The molecular weight excluding hydrogens is 290 g/mol. The Morgan fingerprint density at radius 1 is 1.13 bits per heavy atom. The molecule has 3 rings (SSSR count). The van der Waals surface area contributed by atoms with Gasteiger partial charge >= 0.3 is 0 Å². The maximum absolute atomic E-state index is 12.6. The second kappa shape index (κ2) is 7.97. The molecule has 2 aliphatic rings. The van der Waals surface area contributed by atoms with Gasteiger partial charge in [-0.3, -0.25) is 4.79 Å². The van der Waals surface area contributed by atoms with Crippen molar-refractivity contribution in [1.82, 2.24) is 9.80 Å². The fourth-order valence-electron chi connectivity index (χ4n) is 3.87. The monoisotopic (exact) mass is 319 g/mol. The Hall–Kier alpha value is -1.33. The molecule has 0 spiro atoms. The van der Waals surface area contributed by atoms with Crippen molar-refractivity contribution in [3.8, 4) is 0 Å². The Balaban J connectivity index is 1.52. The van der Waals surface area contributed by atoms with Crippen molar-refractivity contribution in [2.75, 3.05) is 32.7 Å². The molecule has 2 heterocycles. The third kappa shape index (κ3) is 4.36. The molecule has 1 aromatic rings. The molecule has 1 saturated heterocycles. The van der Waals surface area contributed by atoms with E-state index in [1.807, 2.05) is 4.90 Å². The summed E-state index contributed by atoms with van der Waals surface area (Å²) < 4.78 is 5.30. The summed E-state index contributed by atoms with van der Waals surface area (Å²) in [6.07, 6.45) is 9.57. The van der Waals surface area contributed by atoms with Crippen LogP contribution in [-0.4, -0.2) is 48.4 Å². The van der Waals surface area contributed by atoms with Crippen LogP contribution in [0.15, 0.2) is 16.7 Å². The summed E-state index contributed by atoms with van der Waals surface area (Å²) in [7, 11) is 0. The van der Waals surface area contributed by atoms with Crippen molar-refractivity contribution in [1.29, 1.82) is 0 Å². The number of carbonyl (C=O) groups is 1. The van der Waals surface area contributed by atoms with Crippen LogP contribution in [0, 0.1) is 5.92 Å². The second-order valence-electron chi connectivity index (χ2n) is 6.96. The van der Waals surface area contributed by atoms with Gasteiger partial charge in [0.1, 0.15) is 12.0 Å². The lowest BCUT2D eigenvalue weighted by atomic mass is 9.89. The quantitative estimate of drug-likeness (QED) is 0.926. The first kappa shape index (κ1) is 16.5. The number of nitrogens with zero attached hydrogens (tertiary/aromatic N) is 2. The van der Waals surface area contributed by atoms with E-state index >= 15 is 0 Å². The highest BCUT2D eigenvalue weighted by Crippen LogP contribution is 2.25. The summed E-state index contributed by atoms with van der Waals surface area (Å²) >= 11 is 0. The van der Waals surface area contributed by atoms with E-state index < -0.39 is 0 Å². The first-order valence-electron chi connectivity index (χ1n) is 9.05. The molecule has 0 atom stereocenters. The van der Waals surface area contributed by atoms with E-state index in [1.54, 1.807) is 6.07 Å². The zero-order valence-electron chi connectivity index (χ0n) is 14.0.